The van der Waals surface area contributed by atoms with E-state index in [0.717, 1.165) is 31.7 Å². The van der Waals surface area contributed by atoms with E-state index >= 15 is 0 Å². The van der Waals surface area contributed by atoms with Gasteiger partial charge in [0.2, 0.25) is 0 Å². The van der Waals surface area contributed by atoms with E-state index < -0.39 is 0 Å². The molecule has 0 amide bonds. The van der Waals surface area contributed by atoms with E-state index in [9.17, 15) is 0 Å². The molecule has 24 heavy (non-hydrogen) atoms. The van der Waals surface area contributed by atoms with Crippen molar-refractivity contribution in [3.63, 3.8) is 0 Å². The third kappa shape index (κ3) is 4.01. The second-order valence-electron chi connectivity index (χ2n) is 6.75. The maximum atomic E-state index is 4.48. The Morgan fingerprint density at radius 3 is 2.71 bits per heavy atom. The summed E-state index contributed by atoms with van der Waals surface area (Å²) in [5.74, 6) is 0.624. The molecule has 0 radical (unpaired) electrons. The number of para-hydroxylation sites is 1. The zero-order chi connectivity index (χ0) is 16.9. The Morgan fingerprint density at radius 1 is 1.12 bits per heavy atom. The van der Waals surface area contributed by atoms with Crippen molar-refractivity contribution in [3.8, 4) is 0 Å². The summed E-state index contributed by atoms with van der Waals surface area (Å²) in [6.07, 6.45) is 6.06. The first-order valence-electron chi connectivity index (χ1n) is 8.72. The normalized spacial score (nSPS) is 11.7. The van der Waals surface area contributed by atoms with Gasteiger partial charge in [-0.1, -0.05) is 32.0 Å². The van der Waals surface area contributed by atoms with Crippen LogP contribution in [0.25, 0.3) is 10.9 Å². The molecule has 0 bridgehead atoms. The molecule has 0 fully saturated rings. The highest BCUT2D eigenvalue weighted by Crippen LogP contribution is 2.19. The molecule has 4 heteroatoms. The molecule has 3 aromatic rings. The molecule has 4 nitrogen and oxygen atoms in total. The quantitative estimate of drug-likeness (QED) is 0.656. The molecule has 0 spiro atoms. The highest BCUT2D eigenvalue weighted by atomic mass is 15.3. The van der Waals surface area contributed by atoms with Crippen molar-refractivity contribution in [2.75, 3.05) is 6.54 Å². The minimum absolute atomic E-state index is 0.624. The van der Waals surface area contributed by atoms with Crippen LogP contribution in [0.3, 0.4) is 0 Å². The zero-order valence-electron chi connectivity index (χ0n) is 14.8. The minimum atomic E-state index is 0.624. The summed E-state index contributed by atoms with van der Waals surface area (Å²) in [7, 11) is 0. The summed E-state index contributed by atoms with van der Waals surface area (Å²) in [5, 5.41) is 5.65. The molecule has 3 rings (SSSR count). The van der Waals surface area contributed by atoms with Gasteiger partial charge in [-0.05, 0) is 30.5 Å². The number of aromatic nitrogens is 3. The van der Waals surface area contributed by atoms with Gasteiger partial charge in [0, 0.05) is 49.5 Å². The van der Waals surface area contributed by atoms with Crippen LogP contribution >= 0.6 is 0 Å². The molecule has 1 aromatic carbocycles. The third-order valence-electron chi connectivity index (χ3n) is 4.17. The maximum absolute atomic E-state index is 4.48. The summed E-state index contributed by atoms with van der Waals surface area (Å²) in [6, 6.07) is 10.5. The van der Waals surface area contributed by atoms with E-state index in [4.69, 9.17) is 0 Å². The number of hydrogen-bond acceptors (Lipinski definition) is 3. The number of benzene rings is 1. The van der Waals surface area contributed by atoms with Crippen molar-refractivity contribution in [2.24, 2.45) is 5.92 Å². The average molecular weight is 322 g/mol. The fourth-order valence-corrected chi connectivity index (χ4v) is 3.15. The van der Waals surface area contributed by atoms with Crippen molar-refractivity contribution in [3.05, 3.63) is 60.0 Å². The van der Waals surface area contributed by atoms with Gasteiger partial charge in [-0.25, -0.2) is 0 Å². The smallest absolute Gasteiger partial charge is 0.0705 e. The molecule has 0 aliphatic rings. The average Bonchev–Trinajstić information content (AvgIpc) is 3.02. The SMILES string of the molecule is CCn1cc(CN(Cc2ccnc3ccccc23)CC(C)C)cn1. The second-order valence-corrected chi connectivity index (χ2v) is 6.75. The molecule has 2 heterocycles. The molecule has 0 saturated heterocycles. The van der Waals surface area contributed by atoms with E-state index in [-0.39, 0.29) is 0 Å². The van der Waals surface area contributed by atoms with Crippen LogP contribution in [0.2, 0.25) is 0 Å². The molecular weight excluding hydrogens is 296 g/mol. The van der Waals surface area contributed by atoms with Crippen LogP contribution in [-0.2, 0) is 19.6 Å². The first-order valence-corrected chi connectivity index (χ1v) is 8.72. The first-order chi connectivity index (χ1) is 11.7. The van der Waals surface area contributed by atoms with Gasteiger partial charge in [0.05, 0.1) is 11.7 Å². The summed E-state index contributed by atoms with van der Waals surface area (Å²) in [4.78, 5) is 6.98. The lowest BCUT2D eigenvalue weighted by atomic mass is 10.1. The van der Waals surface area contributed by atoms with Crippen LogP contribution in [0.1, 0.15) is 31.9 Å². The van der Waals surface area contributed by atoms with E-state index in [2.05, 4.69) is 66.2 Å². The largest absolute Gasteiger partial charge is 0.294 e. The van der Waals surface area contributed by atoms with Crippen LogP contribution in [0.5, 0.6) is 0 Å². The molecule has 0 aliphatic carbocycles. The van der Waals surface area contributed by atoms with Crippen molar-refractivity contribution >= 4 is 10.9 Å². The zero-order valence-corrected chi connectivity index (χ0v) is 14.8. The van der Waals surface area contributed by atoms with Crippen molar-refractivity contribution in [1.29, 1.82) is 0 Å². The summed E-state index contributed by atoms with van der Waals surface area (Å²) in [6.45, 7) is 10.5. The summed E-state index contributed by atoms with van der Waals surface area (Å²) < 4.78 is 1.99. The van der Waals surface area contributed by atoms with Crippen LogP contribution < -0.4 is 0 Å². The van der Waals surface area contributed by atoms with Crippen molar-refractivity contribution < 1.29 is 0 Å². The fourth-order valence-electron chi connectivity index (χ4n) is 3.15. The van der Waals surface area contributed by atoms with Gasteiger partial charge in [0.1, 0.15) is 0 Å². The molecule has 0 atom stereocenters. The number of hydrogen-bond donors (Lipinski definition) is 0. The first kappa shape index (κ1) is 16.7. The molecule has 126 valence electrons. The molecule has 2 aromatic heterocycles. The highest BCUT2D eigenvalue weighted by molar-refractivity contribution is 5.81. The standard InChI is InChI=1S/C20H26N4/c1-4-24-14-17(11-22-24)13-23(12-16(2)3)15-18-9-10-21-20-8-6-5-7-19(18)20/h5-11,14,16H,4,12-13,15H2,1-3H3. The van der Waals surface area contributed by atoms with Crippen molar-refractivity contribution in [2.45, 2.75) is 40.4 Å². The highest BCUT2D eigenvalue weighted by Gasteiger charge is 2.12. The topological polar surface area (TPSA) is 34.0 Å². The van der Waals surface area contributed by atoms with E-state index in [1.807, 2.05) is 23.1 Å². The van der Waals surface area contributed by atoms with E-state index in [0.29, 0.717) is 5.92 Å². The van der Waals surface area contributed by atoms with E-state index in [1.54, 1.807) is 0 Å². The van der Waals surface area contributed by atoms with Gasteiger partial charge in [-0.15, -0.1) is 0 Å². The van der Waals surface area contributed by atoms with Crippen LogP contribution in [0, 0.1) is 5.92 Å². The molecular formula is C20H26N4. The van der Waals surface area contributed by atoms with Gasteiger partial charge in [-0.3, -0.25) is 14.6 Å². The van der Waals surface area contributed by atoms with E-state index in [1.165, 1.54) is 16.5 Å². The van der Waals surface area contributed by atoms with Gasteiger partial charge in [0.15, 0.2) is 0 Å². The number of fused-ring (bicyclic) bond motifs is 1. The van der Waals surface area contributed by atoms with Gasteiger partial charge in [-0.2, -0.15) is 5.10 Å². The Hall–Kier alpha value is -2.20. The maximum Gasteiger partial charge on any atom is 0.0705 e. The Labute approximate surface area is 144 Å². The molecule has 0 unspecified atom stereocenters. The lowest BCUT2D eigenvalue weighted by Crippen LogP contribution is -2.27. The molecule has 0 saturated carbocycles. The Morgan fingerprint density at radius 2 is 1.96 bits per heavy atom. The van der Waals surface area contributed by atoms with Crippen molar-refractivity contribution in [1.82, 2.24) is 19.7 Å². The summed E-state index contributed by atoms with van der Waals surface area (Å²) >= 11 is 0. The number of aryl methyl sites for hydroxylation is 1. The van der Waals surface area contributed by atoms with Crippen LogP contribution in [0.15, 0.2) is 48.9 Å². The number of nitrogens with zero attached hydrogens (tertiary/aromatic N) is 4. The molecule has 0 N–H and O–H groups in total. The lowest BCUT2D eigenvalue weighted by Gasteiger charge is -2.24. The van der Waals surface area contributed by atoms with Gasteiger partial charge in [0.25, 0.3) is 0 Å². The van der Waals surface area contributed by atoms with Crippen LogP contribution in [-0.4, -0.2) is 26.2 Å². The third-order valence-corrected chi connectivity index (χ3v) is 4.17. The number of rotatable bonds is 7. The summed E-state index contributed by atoms with van der Waals surface area (Å²) in [5.41, 5.74) is 3.68. The fraction of sp³-hybridized carbons (Fsp3) is 0.400. The molecule has 0 aliphatic heterocycles. The van der Waals surface area contributed by atoms with Gasteiger partial charge < -0.3 is 0 Å². The number of pyridine rings is 1. The second kappa shape index (κ2) is 7.58. The predicted molar refractivity (Wildman–Crippen MR) is 98.6 cm³/mol. The monoisotopic (exact) mass is 322 g/mol. The Kier molecular flexibility index (Phi) is 5.26. The lowest BCUT2D eigenvalue weighted by molar-refractivity contribution is 0.228. The Bertz CT molecular complexity index is 786. The van der Waals surface area contributed by atoms with Gasteiger partial charge >= 0.3 is 0 Å². The minimum Gasteiger partial charge on any atom is -0.294 e. The Balaban J connectivity index is 1.83. The van der Waals surface area contributed by atoms with Crippen LogP contribution in [0.4, 0.5) is 0 Å². The predicted octanol–water partition coefficient (Wildman–Crippen LogP) is 4.11.